The molecule has 3 heterocycles. The summed E-state index contributed by atoms with van der Waals surface area (Å²) in [4.78, 5) is 12.7. The van der Waals surface area contributed by atoms with Gasteiger partial charge in [0, 0.05) is 0 Å². The Kier molecular flexibility index (Phi) is 3.79. The van der Waals surface area contributed by atoms with Crippen LogP contribution in [0.2, 0.25) is 0 Å². The smallest absolute Gasteiger partial charge is 0.327 e. The van der Waals surface area contributed by atoms with E-state index in [1.807, 2.05) is 0 Å². The Labute approximate surface area is 128 Å². The highest BCUT2D eigenvalue weighted by Crippen LogP contribution is 2.38. The fourth-order valence-electron chi connectivity index (χ4n) is 2.58. The number of anilines is 1. The molecule has 0 aromatic carbocycles. The number of ether oxygens (including phenoxy) is 1. The molecule has 2 aromatic heterocycles. The number of nitrogens with zero attached hydrogens (tertiary/aromatic N) is 4. The molecule has 1 saturated heterocycles. The fourth-order valence-corrected chi connectivity index (χ4v) is 2.84. The minimum atomic E-state index is -0.897. The van der Waals surface area contributed by atoms with Gasteiger partial charge < -0.3 is 10.5 Å². The molecule has 0 bridgehead atoms. The van der Waals surface area contributed by atoms with Gasteiger partial charge in [-0.3, -0.25) is 9.09 Å². The maximum Gasteiger partial charge on any atom is 0.327 e. The summed E-state index contributed by atoms with van der Waals surface area (Å²) < 4.78 is 23.1. The third kappa shape index (κ3) is 2.44. The normalized spacial score (nSPS) is 24.8. The van der Waals surface area contributed by atoms with Crippen LogP contribution in [0.15, 0.2) is 6.33 Å². The van der Waals surface area contributed by atoms with Gasteiger partial charge >= 0.3 is 8.69 Å². The fraction of sp³-hybridized carbons (Fsp3) is 0.462. The number of aromatic nitrogens is 4. The second-order valence-electron chi connectivity index (χ2n) is 5.08. The second kappa shape index (κ2) is 5.61. The molecular formula is C13H14N5O3P. The van der Waals surface area contributed by atoms with Crippen LogP contribution in [0.1, 0.15) is 24.9 Å². The molecule has 8 nitrogen and oxygen atoms in total. The quantitative estimate of drug-likeness (QED) is 0.674. The van der Waals surface area contributed by atoms with Crippen LogP contribution in [0.3, 0.4) is 0 Å². The van der Waals surface area contributed by atoms with Crippen LogP contribution < -0.4 is 5.73 Å². The van der Waals surface area contributed by atoms with Crippen LogP contribution in [0.4, 0.5) is 5.82 Å². The van der Waals surface area contributed by atoms with Crippen molar-refractivity contribution < 1.29 is 13.8 Å². The molecule has 114 valence electrons. The maximum atomic E-state index is 10.5. The maximum absolute atomic E-state index is 10.5. The molecule has 1 aliphatic heterocycles. The topological polar surface area (TPSA) is 105 Å². The largest absolute Gasteiger partial charge is 0.382 e. The van der Waals surface area contributed by atoms with E-state index in [2.05, 4.69) is 20.9 Å². The summed E-state index contributed by atoms with van der Waals surface area (Å²) in [7, 11) is -0.421. The predicted octanol–water partition coefficient (Wildman–Crippen LogP) is 1.62. The monoisotopic (exact) mass is 319 g/mol. The van der Waals surface area contributed by atoms with E-state index in [9.17, 15) is 4.57 Å². The van der Waals surface area contributed by atoms with Crippen molar-refractivity contribution in [2.75, 3.05) is 12.3 Å². The number of nitrogen functional groups attached to an aromatic ring is 1. The van der Waals surface area contributed by atoms with Crippen molar-refractivity contribution >= 4 is 25.7 Å². The van der Waals surface area contributed by atoms with Gasteiger partial charge in [0.2, 0.25) is 0 Å². The van der Waals surface area contributed by atoms with Gasteiger partial charge in [-0.2, -0.15) is 0 Å². The van der Waals surface area contributed by atoms with Gasteiger partial charge in [-0.1, -0.05) is 5.92 Å². The second-order valence-corrected chi connectivity index (χ2v) is 5.49. The van der Waals surface area contributed by atoms with E-state index in [1.165, 1.54) is 0 Å². The van der Waals surface area contributed by atoms with E-state index in [4.69, 9.17) is 21.4 Å². The highest BCUT2D eigenvalue weighted by molar-refractivity contribution is 7.17. The first kappa shape index (κ1) is 14.9. The van der Waals surface area contributed by atoms with Crippen molar-refractivity contribution in [3.63, 3.8) is 0 Å². The Balaban J connectivity index is 1.93. The van der Waals surface area contributed by atoms with Gasteiger partial charge in [0.05, 0.1) is 6.33 Å². The highest BCUT2D eigenvalue weighted by atomic mass is 31.1. The molecule has 0 amide bonds. The Hall–Kier alpha value is -2.07. The van der Waals surface area contributed by atoms with Gasteiger partial charge in [-0.15, -0.1) is 6.42 Å². The summed E-state index contributed by atoms with van der Waals surface area (Å²) in [5.74, 6) is 3.48. The molecule has 2 atom stereocenters. The van der Waals surface area contributed by atoms with Gasteiger partial charge in [0.25, 0.3) is 0 Å². The molecule has 9 heteroatoms. The van der Waals surface area contributed by atoms with Crippen LogP contribution in [0, 0.1) is 19.3 Å². The molecule has 0 saturated carbocycles. The van der Waals surface area contributed by atoms with Crippen LogP contribution in [-0.4, -0.2) is 31.7 Å². The van der Waals surface area contributed by atoms with Gasteiger partial charge in [-0.25, -0.2) is 19.5 Å². The number of nitrogens with two attached hydrogens (primary N) is 1. The Morgan fingerprint density at radius 2 is 2.50 bits per heavy atom. The summed E-state index contributed by atoms with van der Waals surface area (Å²) >= 11 is 0. The predicted molar refractivity (Wildman–Crippen MR) is 79.0 cm³/mol. The molecule has 2 aromatic rings. The molecule has 22 heavy (non-hydrogen) atoms. The number of rotatable bonds is 4. The lowest BCUT2D eigenvalue weighted by atomic mass is 10.0. The van der Waals surface area contributed by atoms with Crippen LogP contribution in [-0.2, 0) is 13.8 Å². The van der Waals surface area contributed by atoms with Crippen molar-refractivity contribution in [1.29, 1.82) is 0 Å². The summed E-state index contributed by atoms with van der Waals surface area (Å²) in [6.45, 7) is 1.82. The number of hydrogen-bond donors (Lipinski definition) is 1. The molecule has 0 aliphatic carbocycles. The average Bonchev–Trinajstić information content (AvgIpc) is 3.09. The number of imidazole rings is 1. The van der Waals surface area contributed by atoms with Gasteiger partial charge in [0.15, 0.2) is 17.1 Å². The minimum absolute atomic E-state index is 0.0633. The average molecular weight is 319 g/mol. The molecule has 0 radical (unpaired) electrons. The number of terminal acetylenes is 1. The number of fused-ring (bicyclic) bond motifs is 1. The zero-order chi connectivity index (χ0) is 15.7. The number of hydrogen-bond acceptors (Lipinski definition) is 7. The SMILES string of the molecule is C#CC1(COP=O)CCC(n2cnc3c(N)nc(C)nc32)O1. The molecular weight excluding hydrogens is 305 g/mol. The van der Waals surface area contributed by atoms with E-state index < -0.39 is 14.3 Å². The van der Waals surface area contributed by atoms with Gasteiger partial charge in [-0.05, 0) is 19.8 Å². The summed E-state index contributed by atoms with van der Waals surface area (Å²) in [6, 6.07) is 0. The van der Waals surface area contributed by atoms with Crippen molar-refractivity contribution in [2.24, 2.45) is 0 Å². The summed E-state index contributed by atoms with van der Waals surface area (Å²) in [5, 5.41) is 0. The van der Waals surface area contributed by atoms with Crippen molar-refractivity contribution in [3.8, 4) is 12.3 Å². The van der Waals surface area contributed by atoms with Crippen molar-refractivity contribution in [2.45, 2.75) is 31.6 Å². The Morgan fingerprint density at radius 3 is 3.23 bits per heavy atom. The third-order valence-corrected chi connectivity index (χ3v) is 3.88. The van der Waals surface area contributed by atoms with E-state index in [0.717, 1.165) is 0 Å². The number of aryl methyl sites for hydroxylation is 1. The standard InChI is InChI=1S/C13H14N5O3P/c1-3-13(6-20-22-19)5-4-9(21-13)18-7-15-10-11(14)16-8(2)17-12(10)18/h1,7,9H,4-6H2,2H3,(H2,14,16,17). The molecule has 1 aliphatic rings. The lowest BCUT2D eigenvalue weighted by molar-refractivity contribution is -0.0549. The van der Waals surface area contributed by atoms with Crippen LogP contribution in [0.5, 0.6) is 0 Å². The van der Waals surface area contributed by atoms with E-state index in [1.54, 1.807) is 17.8 Å². The summed E-state index contributed by atoms with van der Waals surface area (Å²) in [5.41, 5.74) is 6.09. The van der Waals surface area contributed by atoms with Crippen LogP contribution >= 0.6 is 8.69 Å². The molecule has 1 fully saturated rings. The van der Waals surface area contributed by atoms with E-state index >= 15 is 0 Å². The highest BCUT2D eigenvalue weighted by Gasteiger charge is 2.40. The van der Waals surface area contributed by atoms with E-state index in [-0.39, 0.29) is 12.8 Å². The Morgan fingerprint density at radius 1 is 1.68 bits per heavy atom. The molecule has 2 unspecified atom stereocenters. The lowest BCUT2D eigenvalue weighted by Gasteiger charge is -2.22. The van der Waals surface area contributed by atoms with Gasteiger partial charge in [0.1, 0.15) is 24.2 Å². The molecule has 3 rings (SSSR count). The first-order valence-corrected chi connectivity index (χ1v) is 7.38. The first-order chi connectivity index (χ1) is 10.6. The lowest BCUT2D eigenvalue weighted by Crippen LogP contribution is -2.31. The molecule has 0 spiro atoms. The zero-order valence-electron chi connectivity index (χ0n) is 11.9. The van der Waals surface area contributed by atoms with E-state index in [0.29, 0.717) is 35.6 Å². The van der Waals surface area contributed by atoms with Crippen molar-refractivity contribution in [3.05, 3.63) is 12.2 Å². The third-order valence-electron chi connectivity index (χ3n) is 3.64. The molecule has 2 N–H and O–H groups in total. The Bertz CT molecular complexity index is 771. The van der Waals surface area contributed by atoms with Crippen LogP contribution in [0.25, 0.3) is 11.2 Å². The summed E-state index contributed by atoms with van der Waals surface area (Å²) in [6.07, 6.45) is 8.08. The minimum Gasteiger partial charge on any atom is -0.382 e. The van der Waals surface area contributed by atoms with Crippen molar-refractivity contribution in [1.82, 2.24) is 19.5 Å². The first-order valence-electron chi connectivity index (χ1n) is 6.65. The zero-order valence-corrected chi connectivity index (χ0v) is 12.8.